The molecule has 19 heavy (non-hydrogen) atoms. The molecule has 0 radical (unpaired) electrons. The molecule has 5 heteroatoms. The number of benzene rings is 1. The minimum atomic E-state index is -0.967. The van der Waals surface area contributed by atoms with Crippen LogP contribution in [0.5, 0.6) is 0 Å². The molecule has 0 aliphatic rings. The molecule has 1 rings (SSSR count). The van der Waals surface area contributed by atoms with Gasteiger partial charge in [-0.1, -0.05) is 25.4 Å². The van der Waals surface area contributed by atoms with E-state index in [0.717, 1.165) is 32.6 Å². The molecule has 0 unspecified atom stereocenters. The van der Waals surface area contributed by atoms with Crippen LogP contribution in [0.25, 0.3) is 0 Å². The maximum atomic E-state index is 11.1. The highest BCUT2D eigenvalue weighted by Gasteiger charge is 2.10. The molecule has 0 fully saturated rings. The Bertz CT molecular complexity index is 424. The largest absolute Gasteiger partial charge is 0.478 e. The van der Waals surface area contributed by atoms with Crippen LogP contribution in [-0.4, -0.2) is 42.2 Å². The lowest BCUT2D eigenvalue weighted by atomic mass is 10.2. The third kappa shape index (κ3) is 5.09. The summed E-state index contributed by atoms with van der Waals surface area (Å²) in [7, 11) is 0. The minimum Gasteiger partial charge on any atom is -0.478 e. The first-order valence-corrected chi connectivity index (χ1v) is 6.95. The second-order valence-corrected chi connectivity index (χ2v) is 4.79. The Morgan fingerprint density at radius 2 is 2.11 bits per heavy atom. The lowest BCUT2D eigenvalue weighted by molar-refractivity contribution is 0.0698. The molecule has 0 saturated heterocycles. The third-order valence-corrected chi connectivity index (χ3v) is 3.18. The SMILES string of the molecule is CCCN(CC)CCNc1ccc(Cl)cc1C(=O)O. The average Bonchev–Trinajstić information content (AvgIpc) is 2.39. The third-order valence-electron chi connectivity index (χ3n) is 2.94. The molecule has 0 aromatic heterocycles. The fraction of sp³-hybridized carbons (Fsp3) is 0.500. The highest BCUT2D eigenvalue weighted by Crippen LogP contribution is 2.20. The van der Waals surface area contributed by atoms with Gasteiger partial charge in [0.15, 0.2) is 0 Å². The fourth-order valence-corrected chi connectivity index (χ4v) is 2.11. The summed E-state index contributed by atoms with van der Waals surface area (Å²) in [6.07, 6.45) is 1.12. The van der Waals surface area contributed by atoms with E-state index in [9.17, 15) is 4.79 Å². The number of hydrogen-bond acceptors (Lipinski definition) is 3. The second kappa shape index (κ2) is 8.02. The monoisotopic (exact) mass is 284 g/mol. The number of nitrogens with one attached hydrogen (secondary N) is 1. The van der Waals surface area contributed by atoms with Crippen LogP contribution in [0.4, 0.5) is 5.69 Å². The molecule has 0 aliphatic carbocycles. The summed E-state index contributed by atoms with van der Waals surface area (Å²) in [6.45, 7) is 7.95. The lowest BCUT2D eigenvalue weighted by Crippen LogP contribution is -2.29. The number of likely N-dealkylation sites (N-methyl/N-ethyl adjacent to an activating group) is 1. The summed E-state index contributed by atoms with van der Waals surface area (Å²) in [4.78, 5) is 13.4. The first-order valence-electron chi connectivity index (χ1n) is 6.57. The van der Waals surface area contributed by atoms with Gasteiger partial charge in [0.25, 0.3) is 0 Å². The predicted molar refractivity (Wildman–Crippen MR) is 79.3 cm³/mol. The first kappa shape index (κ1) is 15.8. The van der Waals surface area contributed by atoms with Crippen molar-refractivity contribution in [2.75, 3.05) is 31.5 Å². The van der Waals surface area contributed by atoms with Gasteiger partial charge in [-0.05, 0) is 37.7 Å². The molecule has 2 N–H and O–H groups in total. The molecule has 0 amide bonds. The van der Waals surface area contributed by atoms with Gasteiger partial charge in [0.05, 0.1) is 5.56 Å². The molecule has 0 bridgehead atoms. The van der Waals surface area contributed by atoms with Crippen LogP contribution in [0, 0.1) is 0 Å². The van der Waals surface area contributed by atoms with E-state index in [1.807, 2.05) is 0 Å². The Kier molecular flexibility index (Phi) is 6.67. The maximum absolute atomic E-state index is 11.1. The number of carboxylic acids is 1. The fourth-order valence-electron chi connectivity index (χ4n) is 1.94. The standard InChI is InChI=1S/C14H21ClN2O2/c1-3-8-17(4-2)9-7-16-13-6-5-11(15)10-12(13)14(18)19/h5-6,10,16H,3-4,7-9H2,1-2H3,(H,18,19). The van der Waals surface area contributed by atoms with Crippen molar-refractivity contribution in [1.29, 1.82) is 0 Å². The number of anilines is 1. The van der Waals surface area contributed by atoms with Crippen LogP contribution >= 0.6 is 11.6 Å². The normalized spacial score (nSPS) is 10.7. The zero-order chi connectivity index (χ0) is 14.3. The Morgan fingerprint density at radius 3 is 2.68 bits per heavy atom. The molecular weight excluding hydrogens is 264 g/mol. The van der Waals surface area contributed by atoms with Gasteiger partial charge < -0.3 is 15.3 Å². The van der Waals surface area contributed by atoms with Gasteiger partial charge in [-0.3, -0.25) is 0 Å². The van der Waals surface area contributed by atoms with Gasteiger partial charge in [-0.2, -0.15) is 0 Å². The van der Waals surface area contributed by atoms with Crippen LogP contribution in [0.3, 0.4) is 0 Å². The predicted octanol–water partition coefficient (Wildman–Crippen LogP) is 3.18. The Morgan fingerprint density at radius 1 is 1.37 bits per heavy atom. The minimum absolute atomic E-state index is 0.214. The number of carboxylic acid groups (broad SMARTS) is 1. The Labute approximate surface area is 119 Å². The summed E-state index contributed by atoms with van der Waals surface area (Å²) in [5, 5.41) is 12.7. The van der Waals surface area contributed by atoms with Crippen molar-refractivity contribution in [2.24, 2.45) is 0 Å². The van der Waals surface area contributed by atoms with Crippen LogP contribution in [0.15, 0.2) is 18.2 Å². The molecule has 1 aromatic carbocycles. The van der Waals surface area contributed by atoms with Crippen molar-refractivity contribution >= 4 is 23.3 Å². The van der Waals surface area contributed by atoms with E-state index < -0.39 is 5.97 Å². The van der Waals surface area contributed by atoms with Crippen LogP contribution in [-0.2, 0) is 0 Å². The van der Waals surface area contributed by atoms with Gasteiger partial charge in [0, 0.05) is 23.8 Å². The van der Waals surface area contributed by atoms with Gasteiger partial charge >= 0.3 is 5.97 Å². The second-order valence-electron chi connectivity index (χ2n) is 4.36. The Hall–Kier alpha value is -1.26. The van der Waals surface area contributed by atoms with E-state index in [-0.39, 0.29) is 5.56 Å². The van der Waals surface area contributed by atoms with Crippen molar-refractivity contribution < 1.29 is 9.90 Å². The van der Waals surface area contributed by atoms with Gasteiger partial charge in [-0.15, -0.1) is 0 Å². The smallest absolute Gasteiger partial charge is 0.337 e. The number of carbonyl (C=O) groups is 1. The molecule has 0 saturated carbocycles. The Balaban J connectivity index is 2.60. The lowest BCUT2D eigenvalue weighted by Gasteiger charge is -2.20. The van der Waals surface area contributed by atoms with E-state index in [4.69, 9.17) is 16.7 Å². The maximum Gasteiger partial charge on any atom is 0.337 e. The molecule has 4 nitrogen and oxygen atoms in total. The van der Waals surface area contributed by atoms with Gasteiger partial charge in [0.2, 0.25) is 0 Å². The van der Waals surface area contributed by atoms with Crippen molar-refractivity contribution in [3.63, 3.8) is 0 Å². The zero-order valence-electron chi connectivity index (χ0n) is 11.4. The van der Waals surface area contributed by atoms with E-state index in [2.05, 4.69) is 24.1 Å². The number of rotatable bonds is 8. The van der Waals surface area contributed by atoms with Crippen LogP contribution in [0.1, 0.15) is 30.6 Å². The van der Waals surface area contributed by atoms with Crippen LogP contribution < -0.4 is 5.32 Å². The first-order chi connectivity index (χ1) is 9.08. The van der Waals surface area contributed by atoms with E-state index in [1.165, 1.54) is 6.07 Å². The van der Waals surface area contributed by atoms with Crippen molar-refractivity contribution in [1.82, 2.24) is 4.90 Å². The highest BCUT2D eigenvalue weighted by molar-refractivity contribution is 6.31. The topological polar surface area (TPSA) is 52.6 Å². The van der Waals surface area contributed by atoms with Crippen molar-refractivity contribution in [2.45, 2.75) is 20.3 Å². The zero-order valence-corrected chi connectivity index (χ0v) is 12.2. The molecular formula is C14H21ClN2O2. The summed E-state index contributed by atoms with van der Waals surface area (Å²) >= 11 is 5.81. The summed E-state index contributed by atoms with van der Waals surface area (Å²) < 4.78 is 0. The summed E-state index contributed by atoms with van der Waals surface area (Å²) in [5.74, 6) is -0.967. The number of nitrogens with zero attached hydrogens (tertiary/aromatic N) is 1. The van der Waals surface area contributed by atoms with E-state index in [0.29, 0.717) is 10.7 Å². The van der Waals surface area contributed by atoms with Crippen molar-refractivity contribution in [3.8, 4) is 0 Å². The molecule has 1 aromatic rings. The highest BCUT2D eigenvalue weighted by atomic mass is 35.5. The average molecular weight is 285 g/mol. The van der Waals surface area contributed by atoms with E-state index >= 15 is 0 Å². The number of hydrogen-bond donors (Lipinski definition) is 2. The van der Waals surface area contributed by atoms with Crippen LogP contribution in [0.2, 0.25) is 5.02 Å². The van der Waals surface area contributed by atoms with Gasteiger partial charge in [-0.25, -0.2) is 4.79 Å². The molecule has 0 atom stereocenters. The summed E-state index contributed by atoms with van der Waals surface area (Å²) in [5.41, 5.74) is 0.829. The van der Waals surface area contributed by atoms with Gasteiger partial charge in [0.1, 0.15) is 0 Å². The molecule has 0 spiro atoms. The number of aromatic carboxylic acids is 1. The van der Waals surface area contributed by atoms with Crippen molar-refractivity contribution in [3.05, 3.63) is 28.8 Å². The molecule has 106 valence electrons. The van der Waals surface area contributed by atoms with E-state index in [1.54, 1.807) is 12.1 Å². The number of halogens is 1. The molecule has 0 heterocycles. The quantitative estimate of drug-likeness (QED) is 0.770. The molecule has 0 aliphatic heterocycles. The summed E-state index contributed by atoms with van der Waals surface area (Å²) in [6, 6.07) is 4.87.